The standard InChI is InChI=1S/C16H21F3N4O2/c1-10(9-23(3)15(25)16(17,18)19)13(21-2)12(20)14(24)22-11-7-5-4-6-8-11/h4-8,10,21H,9,20H2,1-3H3,(H,22,24)/p+1. The van der Waals surface area contributed by atoms with Crippen LogP contribution in [-0.2, 0) is 9.59 Å². The van der Waals surface area contributed by atoms with Crippen LogP contribution in [0.2, 0.25) is 0 Å². The Bertz CT molecular complexity index is 645. The first kappa shape index (κ1) is 20.5. The number of benzene rings is 1. The first-order chi connectivity index (χ1) is 11.6. The number of quaternary nitrogens is 1. The van der Waals surface area contributed by atoms with Crippen molar-refractivity contribution in [3.8, 4) is 0 Å². The van der Waals surface area contributed by atoms with E-state index in [4.69, 9.17) is 5.73 Å². The van der Waals surface area contributed by atoms with E-state index < -0.39 is 23.9 Å². The number of alkyl halides is 3. The molecule has 1 rings (SSSR count). The minimum atomic E-state index is -4.94. The first-order valence-electron chi connectivity index (χ1n) is 7.51. The highest BCUT2D eigenvalue weighted by molar-refractivity contribution is 5.86. The molecule has 0 saturated carbocycles. The number of amides is 2. The van der Waals surface area contributed by atoms with Crippen LogP contribution >= 0.6 is 0 Å². The molecule has 1 aromatic rings. The molecule has 0 aromatic heterocycles. The second kappa shape index (κ2) is 8.52. The molecular formula is C16H22F3N4O2+. The second-order valence-electron chi connectivity index (χ2n) is 5.58. The Hall–Kier alpha value is -2.55. The van der Waals surface area contributed by atoms with Gasteiger partial charge in [0.1, 0.15) is 5.69 Å². The van der Waals surface area contributed by atoms with Crippen LogP contribution in [0.25, 0.3) is 0 Å². The lowest BCUT2D eigenvalue weighted by atomic mass is 10.0. The van der Waals surface area contributed by atoms with Crippen LogP contribution in [0.4, 0.5) is 18.9 Å². The van der Waals surface area contributed by atoms with Gasteiger partial charge in [-0.25, -0.2) is 10.1 Å². The Morgan fingerprint density at radius 3 is 2.32 bits per heavy atom. The van der Waals surface area contributed by atoms with Crippen molar-refractivity contribution >= 4 is 17.5 Å². The fraction of sp³-hybridized carbons (Fsp3) is 0.375. The number of nitrogens with zero attached hydrogens (tertiary/aromatic N) is 1. The van der Waals surface area contributed by atoms with Gasteiger partial charge in [0.2, 0.25) is 0 Å². The summed E-state index contributed by atoms with van der Waals surface area (Å²) >= 11 is 0. The van der Waals surface area contributed by atoms with Crippen LogP contribution in [0.5, 0.6) is 0 Å². The van der Waals surface area contributed by atoms with E-state index in [1.807, 2.05) is 0 Å². The summed E-state index contributed by atoms with van der Waals surface area (Å²) in [4.78, 5) is 24.0. The van der Waals surface area contributed by atoms with Crippen molar-refractivity contribution in [3.05, 3.63) is 41.7 Å². The average Bonchev–Trinajstić information content (AvgIpc) is 2.54. The van der Waals surface area contributed by atoms with Crippen molar-refractivity contribution in [3.63, 3.8) is 0 Å². The third-order valence-electron chi connectivity index (χ3n) is 3.55. The van der Waals surface area contributed by atoms with Crippen molar-refractivity contribution in [2.24, 2.45) is 11.7 Å². The van der Waals surface area contributed by atoms with E-state index in [2.05, 4.69) is 5.32 Å². The summed E-state index contributed by atoms with van der Waals surface area (Å²) in [6.45, 7) is 1.34. The lowest BCUT2D eigenvalue weighted by Crippen LogP contribution is -2.83. The van der Waals surface area contributed by atoms with Gasteiger partial charge in [0.15, 0.2) is 5.70 Å². The fourth-order valence-electron chi connectivity index (χ4n) is 2.36. The van der Waals surface area contributed by atoms with Crippen LogP contribution in [0, 0.1) is 5.92 Å². The Balaban J connectivity index is 2.88. The zero-order valence-electron chi connectivity index (χ0n) is 14.2. The zero-order chi connectivity index (χ0) is 19.2. The molecule has 1 unspecified atom stereocenters. The maximum Gasteiger partial charge on any atom is 0.471 e. The van der Waals surface area contributed by atoms with Crippen molar-refractivity contribution in [1.29, 1.82) is 0 Å². The molecule has 0 radical (unpaired) electrons. The van der Waals surface area contributed by atoms with Gasteiger partial charge in [-0.3, -0.25) is 4.79 Å². The lowest BCUT2D eigenvalue weighted by molar-refractivity contribution is -0.479. The number of nitrogens with one attached hydrogen (secondary N) is 1. The van der Waals surface area contributed by atoms with Gasteiger partial charge in [-0.1, -0.05) is 25.1 Å². The molecule has 1 aromatic carbocycles. The molecule has 9 heteroatoms. The second-order valence-corrected chi connectivity index (χ2v) is 5.58. The van der Waals surface area contributed by atoms with Gasteiger partial charge in [-0.05, 0) is 12.1 Å². The molecule has 0 heterocycles. The summed E-state index contributed by atoms with van der Waals surface area (Å²) in [6, 6.07) is 8.78. The molecule has 0 saturated heterocycles. The van der Waals surface area contributed by atoms with Crippen molar-refractivity contribution < 1.29 is 28.1 Å². The van der Waals surface area contributed by atoms with E-state index in [0.717, 1.165) is 7.05 Å². The number of rotatable bonds is 6. The molecule has 25 heavy (non-hydrogen) atoms. The van der Waals surface area contributed by atoms with Crippen LogP contribution in [0.15, 0.2) is 41.7 Å². The lowest BCUT2D eigenvalue weighted by Gasteiger charge is -2.24. The predicted octanol–water partition coefficient (Wildman–Crippen LogP) is 0.455. The number of nitrogens with two attached hydrogens (primary N) is 2. The van der Waals surface area contributed by atoms with Gasteiger partial charge in [0, 0.05) is 32.3 Å². The Kier molecular flexibility index (Phi) is 6.98. The van der Waals surface area contributed by atoms with Crippen LogP contribution in [-0.4, -0.2) is 43.5 Å². The number of carbonyl (C=O) groups is 2. The number of para-hydroxylation sites is 1. The third-order valence-corrected chi connectivity index (χ3v) is 3.55. The van der Waals surface area contributed by atoms with E-state index in [1.165, 1.54) is 12.4 Å². The molecule has 5 N–H and O–H groups in total. The molecule has 0 aliphatic carbocycles. The van der Waals surface area contributed by atoms with E-state index in [9.17, 15) is 22.8 Å². The van der Waals surface area contributed by atoms with Gasteiger partial charge < -0.3 is 16.0 Å². The monoisotopic (exact) mass is 359 g/mol. The van der Waals surface area contributed by atoms with Gasteiger partial charge in [-0.2, -0.15) is 13.2 Å². The Morgan fingerprint density at radius 1 is 1.28 bits per heavy atom. The van der Waals surface area contributed by atoms with Gasteiger partial charge in [0.05, 0.1) is 0 Å². The Labute approximate surface area is 143 Å². The summed E-state index contributed by atoms with van der Waals surface area (Å²) in [7, 11) is 2.56. The SMILES string of the molecule is CNC(=C(N)C(=O)[NH2+]c1ccccc1)C(C)CN(C)C(=O)C(F)(F)F. The van der Waals surface area contributed by atoms with Crippen LogP contribution in [0.1, 0.15) is 6.92 Å². The summed E-state index contributed by atoms with van der Waals surface area (Å²) in [6.07, 6.45) is -4.94. The van der Waals surface area contributed by atoms with Crippen molar-refractivity contribution in [2.75, 3.05) is 20.6 Å². The molecular weight excluding hydrogens is 337 g/mol. The van der Waals surface area contributed by atoms with Crippen LogP contribution < -0.4 is 16.4 Å². The fourth-order valence-corrected chi connectivity index (χ4v) is 2.36. The van der Waals surface area contributed by atoms with E-state index in [0.29, 0.717) is 10.6 Å². The molecule has 1 atom stereocenters. The molecule has 0 bridgehead atoms. The molecule has 2 amide bonds. The van der Waals surface area contributed by atoms with Gasteiger partial charge in [0.25, 0.3) is 0 Å². The number of halogens is 3. The maximum absolute atomic E-state index is 12.5. The first-order valence-corrected chi connectivity index (χ1v) is 7.51. The normalized spacial score (nSPS) is 13.7. The topological polar surface area (TPSA) is 92.0 Å². The van der Waals surface area contributed by atoms with Crippen molar-refractivity contribution in [2.45, 2.75) is 13.1 Å². The Morgan fingerprint density at radius 2 is 1.84 bits per heavy atom. The smallest absolute Gasteiger partial charge is 0.389 e. The number of carbonyl (C=O) groups excluding carboxylic acids is 2. The highest BCUT2D eigenvalue weighted by atomic mass is 19.4. The third kappa shape index (κ3) is 5.79. The van der Waals surface area contributed by atoms with E-state index >= 15 is 0 Å². The number of hydrogen-bond acceptors (Lipinski definition) is 4. The summed E-state index contributed by atoms with van der Waals surface area (Å²) in [5, 5.41) is 4.08. The zero-order valence-corrected chi connectivity index (χ0v) is 14.2. The van der Waals surface area contributed by atoms with E-state index in [-0.39, 0.29) is 17.9 Å². The minimum Gasteiger partial charge on any atom is -0.389 e. The molecule has 0 aliphatic rings. The molecule has 0 spiro atoms. The van der Waals surface area contributed by atoms with Gasteiger partial charge >= 0.3 is 18.0 Å². The quantitative estimate of drug-likeness (QED) is 0.508. The van der Waals surface area contributed by atoms with Crippen molar-refractivity contribution in [1.82, 2.24) is 10.2 Å². The highest BCUT2D eigenvalue weighted by Crippen LogP contribution is 2.19. The molecule has 0 fully saturated rings. The number of primary amides is 1. The van der Waals surface area contributed by atoms with E-state index in [1.54, 1.807) is 37.3 Å². The molecule has 0 aliphatic heterocycles. The summed E-state index contributed by atoms with van der Waals surface area (Å²) in [5.41, 5.74) is 6.70. The summed E-state index contributed by atoms with van der Waals surface area (Å²) < 4.78 is 37.4. The summed E-state index contributed by atoms with van der Waals surface area (Å²) in [5.74, 6) is -3.00. The minimum absolute atomic E-state index is 0.105. The average molecular weight is 359 g/mol. The molecule has 138 valence electrons. The predicted molar refractivity (Wildman–Crippen MR) is 86.2 cm³/mol. The van der Waals surface area contributed by atoms with Crippen LogP contribution in [0.3, 0.4) is 0 Å². The highest BCUT2D eigenvalue weighted by Gasteiger charge is 2.41. The molecule has 6 nitrogen and oxygen atoms in total. The maximum atomic E-state index is 12.5. The largest absolute Gasteiger partial charge is 0.471 e. The number of hydrogen-bond donors (Lipinski definition) is 3. The van der Waals surface area contributed by atoms with Gasteiger partial charge in [-0.15, -0.1) is 0 Å².